The van der Waals surface area contributed by atoms with E-state index in [9.17, 15) is 9.90 Å². The summed E-state index contributed by atoms with van der Waals surface area (Å²) in [5.41, 5.74) is -1.29. The minimum Gasteiger partial charge on any atom is -0.474 e. The molecule has 0 bridgehead atoms. The zero-order chi connectivity index (χ0) is 21.7. The molecule has 1 aliphatic heterocycles. The maximum Gasteiger partial charge on any atom is 0.207 e. The number of nitrogens with one attached hydrogen (secondary N) is 1. The van der Waals surface area contributed by atoms with Crippen molar-refractivity contribution in [2.75, 3.05) is 0 Å². The van der Waals surface area contributed by atoms with Crippen LogP contribution in [0.25, 0.3) is 0 Å². The third-order valence-corrected chi connectivity index (χ3v) is 8.92. The zero-order valence-electron chi connectivity index (χ0n) is 19.0. The average molecular weight is 410 g/mol. The molecule has 0 aromatic heterocycles. The molecule has 3 aliphatic rings. The van der Waals surface area contributed by atoms with Gasteiger partial charge in [0.2, 0.25) is 6.41 Å². The van der Waals surface area contributed by atoms with Gasteiger partial charge in [0.05, 0.1) is 28.8 Å². The monoisotopic (exact) mass is 409 g/mol. The Bertz CT molecular complexity index is 610. The molecule has 1 saturated heterocycles. The van der Waals surface area contributed by atoms with Crippen molar-refractivity contribution in [2.45, 2.75) is 108 Å². The molecule has 2 aliphatic carbocycles. The summed E-state index contributed by atoms with van der Waals surface area (Å²) in [4.78, 5) is 11.1. The molecule has 0 spiro atoms. The van der Waals surface area contributed by atoms with Gasteiger partial charge in [-0.3, -0.25) is 4.79 Å². The number of nitrogens with two attached hydrogens (primary N) is 2. The van der Waals surface area contributed by atoms with E-state index in [4.69, 9.17) is 4.74 Å². The standard InChI is InChI=1S/C23H43N3O3/c1-20(2,26-14-27)17-10-13-23(5,29-17)16-8-11-21(3,25-7)15-9-12-22(4,28)19(24-6)18(15)16/h14-19,28H,6-13,24-25H2,1-5H3,(H,26,27)/t15-,16-,17-,18-,19+,21-,22+,23+/m0/s1. The van der Waals surface area contributed by atoms with Gasteiger partial charge >= 0.3 is 0 Å². The van der Waals surface area contributed by atoms with Crippen LogP contribution < -0.4 is 16.0 Å². The first-order valence-corrected chi connectivity index (χ1v) is 11.3. The van der Waals surface area contributed by atoms with Gasteiger partial charge < -0.3 is 25.8 Å². The van der Waals surface area contributed by atoms with Crippen molar-refractivity contribution in [1.29, 1.82) is 0 Å². The molecule has 8 atom stereocenters. The zero-order valence-corrected chi connectivity index (χ0v) is 19.0. The number of fused-ring (bicyclic) bond motifs is 1. The third-order valence-electron chi connectivity index (χ3n) is 8.92. The molecule has 29 heavy (non-hydrogen) atoms. The van der Waals surface area contributed by atoms with Crippen LogP contribution in [0.4, 0.5) is 0 Å². The molecule has 1 heterocycles. The predicted octanol–water partition coefficient (Wildman–Crippen LogP) is 0.473. The van der Waals surface area contributed by atoms with E-state index < -0.39 is 5.60 Å². The fourth-order valence-corrected chi connectivity index (χ4v) is 6.88. The van der Waals surface area contributed by atoms with Gasteiger partial charge in [-0.1, -0.05) is 0 Å². The number of hydrogen-bond acceptors (Lipinski definition) is 3. The van der Waals surface area contributed by atoms with Crippen molar-refractivity contribution in [2.24, 2.45) is 17.8 Å². The molecular formula is C23H43N3O3. The van der Waals surface area contributed by atoms with E-state index in [-0.39, 0.29) is 28.8 Å². The molecule has 6 N–H and O–H groups in total. The Morgan fingerprint density at radius 3 is 2.34 bits per heavy atom. The van der Waals surface area contributed by atoms with Gasteiger partial charge in [-0.15, -0.1) is 0 Å². The molecule has 0 radical (unpaired) electrons. The second kappa shape index (κ2) is 7.77. The Hall–Kier alpha value is -0.690. The molecular weight excluding hydrogens is 366 g/mol. The lowest BCUT2D eigenvalue weighted by atomic mass is 9.51. The first-order valence-electron chi connectivity index (χ1n) is 11.3. The first kappa shape index (κ1) is 23.0. The molecule has 3 fully saturated rings. The summed E-state index contributed by atoms with van der Waals surface area (Å²) < 4.78 is 6.75. The normalized spacial score (nSPS) is 48.2. The van der Waals surface area contributed by atoms with Crippen molar-refractivity contribution >= 4 is 6.41 Å². The summed E-state index contributed by atoms with van der Waals surface area (Å²) in [6, 6.07) is 0.0476. The van der Waals surface area contributed by atoms with Crippen LogP contribution in [-0.2, 0) is 9.53 Å². The van der Waals surface area contributed by atoms with E-state index in [2.05, 4.69) is 38.6 Å². The summed E-state index contributed by atoms with van der Waals surface area (Å²) in [5.74, 6) is 1.15. The summed E-state index contributed by atoms with van der Waals surface area (Å²) in [6.07, 6.45) is 6.67. The van der Waals surface area contributed by atoms with Gasteiger partial charge in [0, 0.05) is 18.3 Å². The number of carbonyl (C=O) groups is 1. The summed E-state index contributed by atoms with van der Waals surface area (Å²) in [7, 11) is 8.31. The van der Waals surface area contributed by atoms with Crippen LogP contribution >= 0.6 is 0 Å². The van der Waals surface area contributed by atoms with Crippen LogP contribution in [0.3, 0.4) is 0 Å². The number of rotatable bonds is 6. The van der Waals surface area contributed by atoms with E-state index in [0.717, 1.165) is 44.9 Å². The number of carbonyl (C=O) groups excluding carboxylic acids is 1. The summed E-state index contributed by atoms with van der Waals surface area (Å²) in [6.45, 7) is 10.6. The molecule has 168 valence electrons. The van der Waals surface area contributed by atoms with Crippen molar-refractivity contribution in [3.05, 3.63) is 14.1 Å². The Balaban J connectivity index is 1.93. The van der Waals surface area contributed by atoms with Crippen molar-refractivity contribution in [3.63, 3.8) is 0 Å². The van der Waals surface area contributed by atoms with Crippen molar-refractivity contribution < 1.29 is 25.3 Å². The van der Waals surface area contributed by atoms with Gasteiger partial charge in [0.1, 0.15) is 5.60 Å². The summed E-state index contributed by atoms with van der Waals surface area (Å²) >= 11 is 0. The Morgan fingerprint density at radius 2 is 1.76 bits per heavy atom. The molecule has 6 heteroatoms. The first-order chi connectivity index (χ1) is 13.4. The molecule has 3 rings (SSSR count). The second-order valence-corrected chi connectivity index (χ2v) is 11.1. The van der Waals surface area contributed by atoms with Crippen LogP contribution in [0.15, 0.2) is 0 Å². The third kappa shape index (κ3) is 3.86. The highest BCUT2D eigenvalue weighted by Crippen LogP contribution is 2.55. The van der Waals surface area contributed by atoms with E-state index in [1.54, 1.807) is 0 Å². The van der Waals surface area contributed by atoms with Gasteiger partial charge in [-0.2, -0.15) is 14.1 Å². The number of hydrogen-bond donors (Lipinski definition) is 4. The Labute approximate surface area is 176 Å². The highest BCUT2D eigenvalue weighted by molar-refractivity contribution is 5.48. The fourth-order valence-electron chi connectivity index (χ4n) is 6.88. The SMILES string of the molecule is [CH2-][NH2+][C@@H]1[C@@H]2[C@@H]([C@@]3(C)CC[C@@H](C(C)(C)NC=O)O3)CC[C@](C)([NH2+][CH2-])[C@H]2CC[C@@]1(C)O. The molecule has 1 amide bonds. The lowest BCUT2D eigenvalue weighted by Gasteiger charge is -2.59. The average Bonchev–Trinajstić information content (AvgIpc) is 3.05. The quantitative estimate of drug-likeness (QED) is 0.380. The van der Waals surface area contributed by atoms with Gasteiger partial charge in [-0.25, -0.2) is 0 Å². The number of quaternary nitrogens is 2. The highest BCUT2D eigenvalue weighted by Gasteiger charge is 2.62. The van der Waals surface area contributed by atoms with Crippen LogP contribution in [-0.4, -0.2) is 45.9 Å². The largest absolute Gasteiger partial charge is 0.474 e. The minimum atomic E-state index is -0.729. The molecule has 2 saturated carbocycles. The molecule has 0 unspecified atom stereocenters. The lowest BCUT2D eigenvalue weighted by Crippen LogP contribution is -2.98. The topological polar surface area (TPSA) is 91.8 Å². The maximum absolute atomic E-state index is 11.2. The van der Waals surface area contributed by atoms with Crippen molar-refractivity contribution in [3.8, 4) is 0 Å². The second-order valence-electron chi connectivity index (χ2n) is 11.1. The van der Waals surface area contributed by atoms with Crippen LogP contribution in [0.2, 0.25) is 0 Å². The van der Waals surface area contributed by atoms with Gasteiger partial charge in [0.15, 0.2) is 0 Å². The van der Waals surface area contributed by atoms with E-state index in [1.807, 2.05) is 26.1 Å². The highest BCUT2D eigenvalue weighted by atomic mass is 16.5. The van der Waals surface area contributed by atoms with E-state index in [0.29, 0.717) is 17.8 Å². The van der Waals surface area contributed by atoms with Crippen LogP contribution in [0.1, 0.15) is 73.1 Å². The van der Waals surface area contributed by atoms with Crippen LogP contribution in [0, 0.1) is 31.8 Å². The van der Waals surface area contributed by atoms with E-state index >= 15 is 0 Å². The van der Waals surface area contributed by atoms with Crippen molar-refractivity contribution in [1.82, 2.24) is 5.32 Å². The molecule has 0 aromatic rings. The number of ether oxygens (including phenoxy) is 1. The summed E-state index contributed by atoms with van der Waals surface area (Å²) in [5, 5.41) is 18.3. The Morgan fingerprint density at radius 1 is 1.10 bits per heavy atom. The minimum absolute atomic E-state index is 0.00449. The predicted molar refractivity (Wildman–Crippen MR) is 112 cm³/mol. The maximum atomic E-state index is 11.2. The van der Waals surface area contributed by atoms with Crippen LogP contribution in [0.5, 0.6) is 0 Å². The Kier molecular flexibility index (Phi) is 6.16. The fraction of sp³-hybridized carbons (Fsp3) is 0.870. The van der Waals surface area contributed by atoms with E-state index in [1.165, 1.54) is 0 Å². The molecule has 0 aromatic carbocycles. The number of aliphatic hydroxyl groups is 1. The van der Waals surface area contributed by atoms with Gasteiger partial charge in [-0.05, 0) is 72.6 Å². The molecule has 6 nitrogen and oxygen atoms in total. The number of amides is 1. The smallest absolute Gasteiger partial charge is 0.207 e. The lowest BCUT2D eigenvalue weighted by molar-refractivity contribution is -0.703. The van der Waals surface area contributed by atoms with Gasteiger partial charge in [0.25, 0.3) is 0 Å².